The molecule has 0 radical (unpaired) electrons. The molecule has 3 nitrogen and oxygen atoms in total. The highest BCUT2D eigenvalue weighted by atomic mass is 28.4. The molecule has 0 aromatic rings. The first-order valence-corrected chi connectivity index (χ1v) is 9.66. The second kappa shape index (κ2) is 5.54. The lowest BCUT2D eigenvalue weighted by molar-refractivity contribution is -0.125. The highest BCUT2D eigenvalue weighted by Crippen LogP contribution is 2.37. The molecule has 1 saturated carbocycles. The molecule has 1 aliphatic carbocycles. The van der Waals surface area contributed by atoms with Crippen molar-refractivity contribution in [1.29, 1.82) is 5.26 Å². The summed E-state index contributed by atoms with van der Waals surface area (Å²) < 4.78 is 5.94. The van der Waals surface area contributed by atoms with Crippen LogP contribution in [0.4, 0.5) is 0 Å². The van der Waals surface area contributed by atoms with Crippen LogP contribution in [0.3, 0.4) is 0 Å². The number of nitrogens with zero attached hydrogens (tertiary/aromatic N) is 1. The number of rotatable bonds is 4. The van der Waals surface area contributed by atoms with Gasteiger partial charge in [0.2, 0.25) is 0 Å². The van der Waals surface area contributed by atoms with Crippen LogP contribution in [0.1, 0.15) is 40.0 Å². The predicted octanol–water partition coefficient (Wildman–Crippen LogP) is 3.52. The Balaban J connectivity index is 2.55. The molecule has 0 amide bonds. The van der Waals surface area contributed by atoms with Crippen molar-refractivity contribution in [3.05, 3.63) is 0 Å². The molecule has 2 atom stereocenters. The van der Waals surface area contributed by atoms with Crippen LogP contribution in [0.15, 0.2) is 0 Å². The zero-order chi connectivity index (χ0) is 14.0. The molecule has 0 aliphatic heterocycles. The first-order valence-electron chi connectivity index (χ1n) is 6.75. The van der Waals surface area contributed by atoms with Gasteiger partial charge in [-0.15, -0.1) is 0 Å². The van der Waals surface area contributed by atoms with Gasteiger partial charge >= 0.3 is 0 Å². The van der Waals surface area contributed by atoms with Crippen molar-refractivity contribution in [1.82, 2.24) is 0 Å². The summed E-state index contributed by atoms with van der Waals surface area (Å²) in [6.07, 6.45) is 2.72. The number of hydrogen-bond donors (Lipinski definition) is 0. The summed E-state index contributed by atoms with van der Waals surface area (Å²) in [7, 11) is -1.85. The molecule has 18 heavy (non-hydrogen) atoms. The van der Waals surface area contributed by atoms with Crippen LogP contribution in [0.25, 0.3) is 0 Å². The van der Waals surface area contributed by atoms with E-state index in [1.165, 1.54) is 0 Å². The molecule has 0 N–H and O–H groups in total. The van der Waals surface area contributed by atoms with Crippen LogP contribution < -0.4 is 0 Å². The zero-order valence-electron chi connectivity index (χ0n) is 12.2. The predicted molar refractivity (Wildman–Crippen MR) is 74.6 cm³/mol. The Labute approximate surface area is 112 Å². The minimum Gasteiger partial charge on any atom is -0.410 e. The van der Waals surface area contributed by atoms with Crippen LogP contribution in [0.5, 0.6) is 0 Å². The zero-order valence-corrected chi connectivity index (χ0v) is 13.2. The van der Waals surface area contributed by atoms with Gasteiger partial charge in [-0.3, -0.25) is 4.79 Å². The summed E-state index contributed by atoms with van der Waals surface area (Å²) in [6.45, 7) is 11.0. The average molecular weight is 267 g/mol. The SMILES string of the molecule is CC(C)(C)[Si](C)(C)OCC(=O)[C@@H]1CCC[C@H]1C#N. The summed E-state index contributed by atoms with van der Waals surface area (Å²) in [5, 5.41) is 9.13. The minimum absolute atomic E-state index is 0.0829. The van der Waals surface area contributed by atoms with Crippen molar-refractivity contribution >= 4 is 14.1 Å². The normalized spacial score (nSPS) is 24.9. The maximum Gasteiger partial charge on any atom is 0.192 e. The molecule has 0 bridgehead atoms. The van der Waals surface area contributed by atoms with Crippen molar-refractivity contribution in [3.8, 4) is 6.07 Å². The maximum atomic E-state index is 12.1. The quantitative estimate of drug-likeness (QED) is 0.732. The molecule has 4 heteroatoms. The van der Waals surface area contributed by atoms with E-state index in [1.807, 2.05) is 0 Å². The lowest BCUT2D eigenvalue weighted by Gasteiger charge is -2.36. The molecule has 0 saturated heterocycles. The fraction of sp³-hybridized carbons (Fsp3) is 0.857. The number of hydrogen-bond acceptors (Lipinski definition) is 3. The number of ketones is 1. The molecule has 0 heterocycles. The van der Waals surface area contributed by atoms with E-state index in [4.69, 9.17) is 9.69 Å². The van der Waals surface area contributed by atoms with Gasteiger partial charge in [0.1, 0.15) is 0 Å². The number of carbonyl (C=O) groups excluding carboxylic acids is 1. The van der Waals surface area contributed by atoms with Crippen LogP contribution in [0, 0.1) is 23.2 Å². The average Bonchev–Trinajstić information content (AvgIpc) is 2.72. The van der Waals surface area contributed by atoms with E-state index < -0.39 is 8.32 Å². The summed E-state index contributed by atoms with van der Waals surface area (Å²) in [5.74, 6) is -0.0378. The van der Waals surface area contributed by atoms with E-state index in [0.717, 1.165) is 19.3 Å². The maximum absolute atomic E-state index is 12.1. The lowest BCUT2D eigenvalue weighted by Crippen LogP contribution is -2.42. The molecule has 0 aromatic carbocycles. The van der Waals surface area contributed by atoms with Crippen LogP contribution >= 0.6 is 0 Å². The molecule has 102 valence electrons. The van der Waals surface area contributed by atoms with Crippen LogP contribution in [-0.4, -0.2) is 20.7 Å². The number of carbonyl (C=O) groups is 1. The van der Waals surface area contributed by atoms with Gasteiger partial charge in [-0.1, -0.05) is 27.2 Å². The van der Waals surface area contributed by atoms with Gasteiger partial charge in [0.05, 0.1) is 18.6 Å². The van der Waals surface area contributed by atoms with Crippen molar-refractivity contribution in [2.45, 2.75) is 58.2 Å². The molecule has 0 aromatic heterocycles. The Bertz CT molecular complexity index is 352. The Hall–Kier alpha value is -0.663. The molecular formula is C14H25NO2Si. The van der Waals surface area contributed by atoms with E-state index in [1.54, 1.807) is 0 Å². The molecule has 1 fully saturated rings. The largest absolute Gasteiger partial charge is 0.410 e. The molecular weight excluding hydrogens is 242 g/mol. The van der Waals surface area contributed by atoms with Crippen molar-refractivity contribution in [2.75, 3.05) is 6.61 Å². The highest BCUT2D eigenvalue weighted by molar-refractivity contribution is 6.74. The van der Waals surface area contributed by atoms with E-state index in [9.17, 15) is 4.79 Å². The van der Waals surface area contributed by atoms with E-state index in [2.05, 4.69) is 39.9 Å². The van der Waals surface area contributed by atoms with Gasteiger partial charge < -0.3 is 4.43 Å². The Morgan fingerprint density at radius 3 is 2.50 bits per heavy atom. The van der Waals surface area contributed by atoms with Crippen molar-refractivity contribution in [2.24, 2.45) is 11.8 Å². The molecule has 1 aliphatic rings. The summed E-state index contributed by atoms with van der Waals surface area (Å²) in [6, 6.07) is 2.26. The standard InChI is InChI=1S/C14H25NO2Si/c1-14(2,3)18(4,5)17-10-13(16)12-8-6-7-11(12)9-15/h11-12H,6-8,10H2,1-5H3/t11-,12+/m0/s1. The molecule has 0 unspecified atom stereocenters. The Morgan fingerprint density at radius 2 is 2.00 bits per heavy atom. The Kier molecular flexibility index (Phi) is 4.74. The van der Waals surface area contributed by atoms with E-state index in [-0.39, 0.29) is 29.3 Å². The topological polar surface area (TPSA) is 50.1 Å². The third kappa shape index (κ3) is 3.43. The number of Topliss-reactive ketones (excluding diaryl/α,β-unsaturated/α-hetero) is 1. The van der Waals surface area contributed by atoms with Gasteiger partial charge in [-0.2, -0.15) is 5.26 Å². The summed E-state index contributed by atoms with van der Waals surface area (Å²) in [5.41, 5.74) is 0. The monoisotopic (exact) mass is 267 g/mol. The fourth-order valence-corrected chi connectivity index (χ4v) is 3.01. The van der Waals surface area contributed by atoms with Gasteiger partial charge in [0.25, 0.3) is 0 Å². The van der Waals surface area contributed by atoms with Crippen LogP contribution in [0.2, 0.25) is 18.1 Å². The second-order valence-corrected chi connectivity index (χ2v) is 11.6. The third-order valence-corrected chi connectivity index (χ3v) is 8.96. The van der Waals surface area contributed by atoms with Crippen molar-refractivity contribution < 1.29 is 9.22 Å². The van der Waals surface area contributed by atoms with Gasteiger partial charge in [0.15, 0.2) is 14.1 Å². The van der Waals surface area contributed by atoms with E-state index in [0.29, 0.717) is 0 Å². The van der Waals surface area contributed by atoms with Gasteiger partial charge in [-0.05, 0) is 31.0 Å². The summed E-state index contributed by atoms with van der Waals surface area (Å²) in [4.78, 5) is 12.1. The molecule has 1 rings (SSSR count). The highest BCUT2D eigenvalue weighted by Gasteiger charge is 2.39. The first-order chi connectivity index (χ1) is 8.19. The lowest BCUT2D eigenvalue weighted by atomic mass is 9.94. The van der Waals surface area contributed by atoms with E-state index >= 15 is 0 Å². The van der Waals surface area contributed by atoms with Gasteiger partial charge in [-0.25, -0.2) is 0 Å². The smallest absolute Gasteiger partial charge is 0.192 e. The Morgan fingerprint density at radius 1 is 1.39 bits per heavy atom. The first kappa shape index (κ1) is 15.4. The fourth-order valence-electron chi connectivity index (χ4n) is 2.08. The second-order valence-electron chi connectivity index (χ2n) is 6.79. The van der Waals surface area contributed by atoms with Gasteiger partial charge in [0, 0.05) is 5.92 Å². The van der Waals surface area contributed by atoms with Crippen LogP contribution in [-0.2, 0) is 9.22 Å². The minimum atomic E-state index is -1.85. The number of nitriles is 1. The summed E-state index contributed by atoms with van der Waals surface area (Å²) >= 11 is 0. The van der Waals surface area contributed by atoms with Crippen molar-refractivity contribution in [3.63, 3.8) is 0 Å². The third-order valence-electron chi connectivity index (χ3n) is 4.48. The molecule has 0 spiro atoms.